The van der Waals surface area contributed by atoms with Crippen LogP contribution in [-0.2, 0) is 24.0 Å². The summed E-state index contributed by atoms with van der Waals surface area (Å²) in [6, 6.07) is -2.83. The maximum atomic E-state index is 12.7. The van der Waals surface area contributed by atoms with Gasteiger partial charge in [0.05, 0.1) is 6.04 Å². The van der Waals surface area contributed by atoms with Crippen LogP contribution >= 0.6 is 0 Å². The molecule has 1 rings (SSSR count). The average Bonchev–Trinajstić information content (AvgIpc) is 2.80. The highest BCUT2D eigenvalue weighted by Crippen LogP contribution is 2.10. The van der Waals surface area contributed by atoms with Crippen LogP contribution in [-0.4, -0.2) is 54.1 Å². The highest BCUT2D eigenvalue weighted by atomic mass is 16.2. The summed E-state index contributed by atoms with van der Waals surface area (Å²) < 4.78 is 0. The van der Waals surface area contributed by atoms with Gasteiger partial charge in [0, 0.05) is 6.54 Å². The van der Waals surface area contributed by atoms with Gasteiger partial charge < -0.3 is 21.3 Å². The first-order chi connectivity index (χ1) is 15.6. The number of rotatable bonds is 8. The van der Waals surface area contributed by atoms with Gasteiger partial charge in [0.1, 0.15) is 12.1 Å². The summed E-state index contributed by atoms with van der Waals surface area (Å²) in [5, 5.41) is 10.4. The predicted molar refractivity (Wildman–Crippen MR) is 126 cm³/mol. The van der Waals surface area contributed by atoms with Crippen LogP contribution in [0, 0.1) is 11.8 Å². The van der Waals surface area contributed by atoms with Crippen LogP contribution in [0.2, 0.25) is 0 Å². The van der Waals surface area contributed by atoms with Gasteiger partial charge in [-0.2, -0.15) is 0 Å². The van der Waals surface area contributed by atoms with Crippen LogP contribution in [0.4, 0.5) is 0 Å². The second-order valence-electron chi connectivity index (χ2n) is 8.92. The van der Waals surface area contributed by atoms with E-state index in [0.29, 0.717) is 18.8 Å². The molecule has 4 amide bonds. The Morgan fingerprint density at radius 3 is 2.42 bits per heavy atom. The van der Waals surface area contributed by atoms with Crippen molar-refractivity contribution >= 4 is 29.4 Å². The molecule has 0 spiro atoms. The lowest BCUT2D eigenvalue weighted by Gasteiger charge is -2.23. The summed E-state index contributed by atoms with van der Waals surface area (Å²) in [4.78, 5) is 62.5. The minimum atomic E-state index is -1.09. The van der Waals surface area contributed by atoms with Crippen LogP contribution in [0.25, 0.3) is 0 Å². The van der Waals surface area contributed by atoms with Gasteiger partial charge in [-0.15, -0.1) is 0 Å². The first-order valence-corrected chi connectivity index (χ1v) is 12.0. The number of amides is 4. The van der Waals surface area contributed by atoms with Gasteiger partial charge in [0.15, 0.2) is 0 Å². The highest BCUT2D eigenvalue weighted by Gasteiger charge is 2.32. The topological polar surface area (TPSA) is 133 Å². The van der Waals surface area contributed by atoms with Gasteiger partial charge in [-0.1, -0.05) is 46.6 Å². The molecule has 0 radical (unpaired) electrons. The quantitative estimate of drug-likeness (QED) is 0.318. The SMILES string of the molecule is CCC(C)CCC=CC(=O)NC1CCCNC(=O)C(C(C)CC)NC(=O)C(=O)C(C)NC1=O. The Morgan fingerprint density at radius 2 is 1.79 bits per heavy atom. The van der Waals surface area contributed by atoms with Crippen LogP contribution in [0.1, 0.15) is 73.1 Å². The third-order valence-corrected chi connectivity index (χ3v) is 6.15. The molecule has 0 bridgehead atoms. The summed E-state index contributed by atoms with van der Waals surface area (Å²) in [6.07, 6.45) is 7.36. The molecule has 0 saturated carbocycles. The first kappa shape index (κ1) is 28.3. The van der Waals surface area contributed by atoms with E-state index >= 15 is 0 Å². The van der Waals surface area contributed by atoms with Crippen LogP contribution in [0.5, 0.6) is 0 Å². The second kappa shape index (κ2) is 14.4. The van der Waals surface area contributed by atoms with E-state index in [9.17, 15) is 24.0 Å². The standard InChI is InChI=1S/C24H40N4O5/c1-6-15(3)11-8-9-13-19(29)27-18-12-10-14-25-23(32)20(16(4)7-2)28-24(33)21(30)17(5)26-22(18)31/h9,13,15-18,20H,6-8,10-12,14H2,1-5H3,(H,25,32)(H,26,31)(H,27,29)(H,28,33). The molecule has 0 aliphatic carbocycles. The fraction of sp³-hybridized carbons (Fsp3) is 0.708. The lowest BCUT2D eigenvalue weighted by atomic mass is 9.97. The van der Waals surface area contributed by atoms with Gasteiger partial charge in [0.2, 0.25) is 23.5 Å². The smallest absolute Gasteiger partial charge is 0.290 e. The van der Waals surface area contributed by atoms with Crippen molar-refractivity contribution in [2.75, 3.05) is 6.54 Å². The van der Waals surface area contributed by atoms with Crippen molar-refractivity contribution < 1.29 is 24.0 Å². The van der Waals surface area contributed by atoms with Crippen molar-refractivity contribution in [2.45, 2.75) is 91.3 Å². The van der Waals surface area contributed by atoms with Crippen molar-refractivity contribution in [3.05, 3.63) is 12.2 Å². The third-order valence-electron chi connectivity index (χ3n) is 6.15. The number of carbonyl (C=O) groups is 5. The number of hydrogen-bond donors (Lipinski definition) is 4. The molecule has 5 atom stereocenters. The monoisotopic (exact) mass is 464 g/mol. The van der Waals surface area contributed by atoms with Gasteiger partial charge in [0.25, 0.3) is 5.91 Å². The molecule has 4 N–H and O–H groups in total. The Labute approximate surface area is 196 Å². The summed E-state index contributed by atoms with van der Waals surface area (Å²) in [5.74, 6) is -2.69. The van der Waals surface area contributed by atoms with Crippen molar-refractivity contribution in [1.29, 1.82) is 0 Å². The molecule has 1 saturated heterocycles. The van der Waals surface area contributed by atoms with E-state index in [2.05, 4.69) is 35.1 Å². The van der Waals surface area contributed by atoms with E-state index in [0.717, 1.165) is 19.3 Å². The summed E-state index contributed by atoms with van der Waals surface area (Å²) >= 11 is 0. The van der Waals surface area contributed by atoms with E-state index in [1.54, 1.807) is 6.08 Å². The zero-order valence-corrected chi connectivity index (χ0v) is 20.5. The predicted octanol–water partition coefficient (Wildman–Crippen LogP) is 1.37. The van der Waals surface area contributed by atoms with Crippen LogP contribution in [0.3, 0.4) is 0 Å². The molecule has 0 aromatic heterocycles. The lowest BCUT2D eigenvalue weighted by Crippen LogP contribution is -2.55. The minimum Gasteiger partial charge on any atom is -0.354 e. The normalized spacial score (nSPS) is 25.1. The molecule has 9 heteroatoms. The largest absolute Gasteiger partial charge is 0.354 e. The molecular weight excluding hydrogens is 424 g/mol. The van der Waals surface area contributed by atoms with Crippen LogP contribution in [0.15, 0.2) is 12.2 Å². The Hall–Kier alpha value is -2.71. The van der Waals surface area contributed by atoms with E-state index in [1.165, 1.54) is 13.0 Å². The van der Waals surface area contributed by atoms with Crippen molar-refractivity contribution in [3.8, 4) is 0 Å². The summed E-state index contributed by atoms with van der Waals surface area (Å²) in [5.41, 5.74) is 0. The average molecular weight is 465 g/mol. The molecule has 0 aromatic rings. The molecule has 5 unspecified atom stereocenters. The molecule has 33 heavy (non-hydrogen) atoms. The molecule has 9 nitrogen and oxygen atoms in total. The van der Waals surface area contributed by atoms with Gasteiger partial charge in [-0.05, 0) is 50.5 Å². The minimum absolute atomic E-state index is 0.170. The van der Waals surface area contributed by atoms with E-state index in [1.807, 2.05) is 13.8 Å². The lowest BCUT2D eigenvalue weighted by molar-refractivity contribution is -0.141. The maximum absolute atomic E-state index is 12.7. The van der Waals surface area contributed by atoms with Gasteiger partial charge in [-0.3, -0.25) is 24.0 Å². The number of hydrogen-bond acceptors (Lipinski definition) is 5. The highest BCUT2D eigenvalue weighted by molar-refractivity contribution is 6.38. The summed E-state index contributed by atoms with van der Waals surface area (Å²) in [6.45, 7) is 9.66. The van der Waals surface area contributed by atoms with Gasteiger partial charge in [-0.25, -0.2) is 0 Å². The fourth-order valence-electron chi connectivity index (χ4n) is 3.38. The number of nitrogens with one attached hydrogen (secondary N) is 4. The Kier molecular flexibility index (Phi) is 12.4. The maximum Gasteiger partial charge on any atom is 0.290 e. The molecule has 0 aromatic carbocycles. The number of ketones is 1. The molecule has 1 aliphatic heterocycles. The van der Waals surface area contributed by atoms with Gasteiger partial charge >= 0.3 is 0 Å². The second-order valence-corrected chi connectivity index (χ2v) is 8.92. The van der Waals surface area contributed by atoms with Crippen molar-refractivity contribution in [2.24, 2.45) is 11.8 Å². The Bertz CT molecular complexity index is 736. The van der Waals surface area contributed by atoms with Crippen molar-refractivity contribution in [1.82, 2.24) is 21.3 Å². The third kappa shape index (κ3) is 9.75. The molecular formula is C24H40N4O5. The number of allylic oxidation sites excluding steroid dienone is 1. The van der Waals surface area contributed by atoms with Crippen LogP contribution < -0.4 is 21.3 Å². The fourth-order valence-corrected chi connectivity index (χ4v) is 3.38. The molecule has 1 fully saturated rings. The van der Waals surface area contributed by atoms with E-state index < -0.39 is 41.6 Å². The zero-order chi connectivity index (χ0) is 25.0. The summed E-state index contributed by atoms with van der Waals surface area (Å²) in [7, 11) is 0. The molecule has 1 heterocycles. The molecule has 1 aliphatic rings. The van der Waals surface area contributed by atoms with Crippen molar-refractivity contribution in [3.63, 3.8) is 0 Å². The Balaban J connectivity index is 2.89. The number of Topliss-reactive ketones (excluding diaryl/α,β-unsaturated/α-hetero) is 1. The molecule has 186 valence electrons. The van der Waals surface area contributed by atoms with E-state index in [-0.39, 0.29) is 24.8 Å². The number of carbonyl (C=O) groups excluding carboxylic acids is 5. The first-order valence-electron chi connectivity index (χ1n) is 12.0. The zero-order valence-electron chi connectivity index (χ0n) is 20.5. The Morgan fingerprint density at radius 1 is 1.09 bits per heavy atom. The van der Waals surface area contributed by atoms with E-state index in [4.69, 9.17) is 0 Å².